The lowest BCUT2D eigenvalue weighted by Crippen LogP contribution is -2.30. The van der Waals surface area contributed by atoms with E-state index in [2.05, 4.69) is 10.3 Å². The van der Waals surface area contributed by atoms with Crippen molar-refractivity contribution in [3.63, 3.8) is 0 Å². The third-order valence-electron chi connectivity index (χ3n) is 3.93. The van der Waals surface area contributed by atoms with Crippen LogP contribution in [0.3, 0.4) is 0 Å². The first kappa shape index (κ1) is 16.4. The maximum Gasteiger partial charge on any atom is 0.282 e. The van der Waals surface area contributed by atoms with Crippen LogP contribution in [0.15, 0.2) is 23.6 Å². The van der Waals surface area contributed by atoms with Gasteiger partial charge in [-0.25, -0.2) is 4.98 Å². The summed E-state index contributed by atoms with van der Waals surface area (Å²) in [6.45, 7) is 1.90. The molecule has 0 unspecified atom stereocenters. The SMILES string of the molecule is COc1ccc([N+](=O)[O-])c(C(=O)N[C@@H](c2nc(C)cs2)C2CC2)c1. The van der Waals surface area contributed by atoms with Gasteiger partial charge in [0.25, 0.3) is 11.6 Å². The van der Waals surface area contributed by atoms with Crippen LogP contribution in [0.25, 0.3) is 0 Å². The van der Waals surface area contributed by atoms with E-state index in [4.69, 9.17) is 4.74 Å². The van der Waals surface area contributed by atoms with Crippen molar-refractivity contribution in [3.8, 4) is 5.75 Å². The van der Waals surface area contributed by atoms with E-state index in [1.54, 1.807) is 0 Å². The second-order valence-corrected chi connectivity index (χ2v) is 6.65. The summed E-state index contributed by atoms with van der Waals surface area (Å²) in [5, 5.41) is 16.9. The van der Waals surface area contributed by atoms with Crippen molar-refractivity contribution < 1.29 is 14.5 Å². The molecule has 1 aromatic carbocycles. The summed E-state index contributed by atoms with van der Waals surface area (Å²) in [5.41, 5.74) is 0.665. The molecule has 0 saturated heterocycles. The molecule has 0 aliphatic heterocycles. The maximum absolute atomic E-state index is 12.7. The predicted molar refractivity (Wildman–Crippen MR) is 89.4 cm³/mol. The summed E-state index contributed by atoms with van der Waals surface area (Å²) in [5.74, 6) is 0.258. The number of amides is 1. The third kappa shape index (κ3) is 3.38. The molecular formula is C16H17N3O4S. The van der Waals surface area contributed by atoms with E-state index in [0.29, 0.717) is 11.7 Å². The standard InChI is InChI=1S/C16H17N3O4S/c1-9-8-24-16(17-9)14(10-3-4-10)18-15(20)12-7-11(23-2)5-6-13(12)19(21)22/h5-8,10,14H,3-4H2,1-2H3,(H,18,20)/t14-/m1/s1. The van der Waals surface area contributed by atoms with E-state index in [-0.39, 0.29) is 17.3 Å². The minimum absolute atomic E-state index is 0.00159. The number of nitrogens with zero attached hydrogens (tertiary/aromatic N) is 2. The molecule has 1 heterocycles. The van der Waals surface area contributed by atoms with Crippen LogP contribution in [0.5, 0.6) is 5.75 Å². The number of ether oxygens (including phenoxy) is 1. The van der Waals surface area contributed by atoms with Crippen LogP contribution in [0.1, 0.15) is 39.9 Å². The maximum atomic E-state index is 12.7. The fraction of sp³-hybridized carbons (Fsp3) is 0.375. The number of nitrogens with one attached hydrogen (secondary N) is 1. The van der Waals surface area contributed by atoms with Gasteiger partial charge in [0, 0.05) is 17.1 Å². The fourth-order valence-corrected chi connectivity index (χ4v) is 3.47. The molecule has 1 N–H and O–H groups in total. The van der Waals surface area contributed by atoms with Crippen LogP contribution in [-0.4, -0.2) is 22.9 Å². The molecule has 24 heavy (non-hydrogen) atoms. The summed E-state index contributed by atoms with van der Waals surface area (Å²) in [6.07, 6.45) is 2.04. The average Bonchev–Trinajstić information content (AvgIpc) is 3.32. The van der Waals surface area contributed by atoms with Gasteiger partial charge in [-0.2, -0.15) is 0 Å². The van der Waals surface area contributed by atoms with Gasteiger partial charge in [0.15, 0.2) is 0 Å². The highest BCUT2D eigenvalue weighted by atomic mass is 32.1. The molecule has 1 aliphatic rings. The smallest absolute Gasteiger partial charge is 0.282 e. The lowest BCUT2D eigenvalue weighted by atomic mass is 10.1. The Morgan fingerprint density at radius 3 is 2.79 bits per heavy atom. The van der Waals surface area contributed by atoms with Gasteiger partial charge < -0.3 is 10.1 Å². The third-order valence-corrected chi connectivity index (χ3v) is 4.97. The molecule has 2 aromatic rings. The van der Waals surface area contributed by atoms with Gasteiger partial charge in [-0.05, 0) is 37.8 Å². The number of methoxy groups -OCH3 is 1. The number of nitro groups is 1. The van der Waals surface area contributed by atoms with E-state index in [0.717, 1.165) is 23.5 Å². The van der Waals surface area contributed by atoms with Crippen LogP contribution >= 0.6 is 11.3 Å². The Morgan fingerprint density at radius 2 is 2.25 bits per heavy atom. The molecule has 1 aliphatic carbocycles. The molecule has 0 bridgehead atoms. The van der Waals surface area contributed by atoms with Crippen molar-refractivity contribution in [3.05, 3.63) is 50.0 Å². The number of hydrogen-bond donors (Lipinski definition) is 1. The number of benzene rings is 1. The Labute approximate surface area is 142 Å². The first-order chi connectivity index (χ1) is 11.5. The highest BCUT2D eigenvalue weighted by molar-refractivity contribution is 7.09. The largest absolute Gasteiger partial charge is 0.497 e. The summed E-state index contributed by atoms with van der Waals surface area (Å²) in [6, 6.07) is 3.94. The van der Waals surface area contributed by atoms with E-state index in [1.807, 2.05) is 12.3 Å². The first-order valence-corrected chi connectivity index (χ1v) is 8.43. The quantitative estimate of drug-likeness (QED) is 0.639. The normalized spacial score (nSPS) is 14.9. The van der Waals surface area contributed by atoms with E-state index in [9.17, 15) is 14.9 Å². The van der Waals surface area contributed by atoms with Gasteiger partial charge in [-0.15, -0.1) is 11.3 Å². The Morgan fingerprint density at radius 1 is 1.50 bits per heavy atom. The second-order valence-electron chi connectivity index (χ2n) is 5.76. The minimum Gasteiger partial charge on any atom is -0.497 e. The average molecular weight is 347 g/mol. The molecule has 0 spiro atoms. The molecular weight excluding hydrogens is 330 g/mol. The van der Waals surface area contributed by atoms with E-state index in [1.165, 1.54) is 36.6 Å². The van der Waals surface area contributed by atoms with E-state index < -0.39 is 10.8 Å². The topological polar surface area (TPSA) is 94.4 Å². The Hall–Kier alpha value is -2.48. The molecule has 1 atom stereocenters. The lowest BCUT2D eigenvalue weighted by molar-refractivity contribution is -0.385. The fourth-order valence-electron chi connectivity index (χ4n) is 2.53. The molecule has 0 radical (unpaired) electrons. The van der Waals surface area contributed by atoms with Gasteiger partial charge in [-0.1, -0.05) is 0 Å². The molecule has 126 valence electrons. The Balaban J connectivity index is 1.89. The van der Waals surface area contributed by atoms with Crippen LogP contribution in [-0.2, 0) is 0 Å². The minimum atomic E-state index is -0.561. The van der Waals surface area contributed by atoms with Crippen LogP contribution in [0, 0.1) is 23.0 Å². The molecule has 8 heteroatoms. The molecule has 1 saturated carbocycles. The summed E-state index contributed by atoms with van der Waals surface area (Å²) < 4.78 is 5.08. The molecule has 7 nitrogen and oxygen atoms in total. The Kier molecular flexibility index (Phi) is 4.48. The first-order valence-electron chi connectivity index (χ1n) is 7.55. The molecule has 1 amide bonds. The molecule has 1 aromatic heterocycles. The van der Waals surface area contributed by atoms with Crippen LogP contribution < -0.4 is 10.1 Å². The molecule has 1 fully saturated rings. The van der Waals surface area contributed by atoms with Crippen LogP contribution in [0.4, 0.5) is 5.69 Å². The zero-order valence-electron chi connectivity index (χ0n) is 13.3. The highest BCUT2D eigenvalue weighted by Crippen LogP contribution is 2.42. The van der Waals surface area contributed by atoms with Crippen molar-refractivity contribution in [2.75, 3.05) is 7.11 Å². The molecule has 3 rings (SSSR count). The summed E-state index contributed by atoms with van der Waals surface area (Å²) in [4.78, 5) is 27.8. The second kappa shape index (κ2) is 6.56. The van der Waals surface area contributed by atoms with Crippen molar-refractivity contribution in [2.24, 2.45) is 5.92 Å². The number of rotatable bonds is 6. The number of nitro benzene ring substituents is 1. The van der Waals surface area contributed by atoms with Gasteiger partial charge in [-0.3, -0.25) is 14.9 Å². The lowest BCUT2D eigenvalue weighted by Gasteiger charge is -2.16. The number of aromatic nitrogens is 1. The monoisotopic (exact) mass is 347 g/mol. The van der Waals surface area contributed by atoms with Crippen molar-refractivity contribution in [2.45, 2.75) is 25.8 Å². The van der Waals surface area contributed by atoms with E-state index >= 15 is 0 Å². The predicted octanol–water partition coefficient (Wildman–Crippen LogP) is 3.25. The summed E-state index contributed by atoms with van der Waals surface area (Å²) in [7, 11) is 1.45. The van der Waals surface area contributed by atoms with Gasteiger partial charge >= 0.3 is 0 Å². The number of thiazole rings is 1. The van der Waals surface area contributed by atoms with Crippen molar-refractivity contribution in [1.82, 2.24) is 10.3 Å². The Bertz CT molecular complexity index is 785. The van der Waals surface area contributed by atoms with Gasteiger partial charge in [0.1, 0.15) is 16.3 Å². The number of carbonyl (C=O) groups is 1. The van der Waals surface area contributed by atoms with Crippen LogP contribution in [0.2, 0.25) is 0 Å². The summed E-state index contributed by atoms with van der Waals surface area (Å²) >= 11 is 1.50. The zero-order valence-corrected chi connectivity index (χ0v) is 14.1. The number of carbonyl (C=O) groups excluding carboxylic acids is 1. The zero-order chi connectivity index (χ0) is 17.3. The van der Waals surface area contributed by atoms with Crippen molar-refractivity contribution in [1.29, 1.82) is 0 Å². The van der Waals surface area contributed by atoms with Crippen molar-refractivity contribution >= 4 is 22.9 Å². The van der Waals surface area contributed by atoms with Gasteiger partial charge in [0.2, 0.25) is 0 Å². The number of hydrogen-bond acceptors (Lipinski definition) is 6. The van der Waals surface area contributed by atoms with Gasteiger partial charge in [0.05, 0.1) is 18.1 Å². The number of aryl methyl sites for hydroxylation is 1. The highest BCUT2D eigenvalue weighted by Gasteiger charge is 2.36.